The SMILES string of the molecule is CN(Cc1csc(Br)c1)C(=O)C1(N)CCCC1. The maximum atomic E-state index is 12.3. The molecule has 0 atom stereocenters. The average Bonchev–Trinajstić information content (AvgIpc) is 2.88. The van der Waals surface area contributed by atoms with Gasteiger partial charge >= 0.3 is 0 Å². The summed E-state index contributed by atoms with van der Waals surface area (Å²) in [5.41, 5.74) is 6.71. The van der Waals surface area contributed by atoms with Gasteiger partial charge in [-0.3, -0.25) is 4.79 Å². The van der Waals surface area contributed by atoms with E-state index in [0.29, 0.717) is 6.54 Å². The fraction of sp³-hybridized carbons (Fsp3) is 0.583. The van der Waals surface area contributed by atoms with Crippen LogP contribution in [-0.2, 0) is 11.3 Å². The summed E-state index contributed by atoms with van der Waals surface area (Å²) in [4.78, 5) is 14.0. The molecule has 0 bridgehead atoms. The van der Waals surface area contributed by atoms with Crippen LogP contribution in [0.25, 0.3) is 0 Å². The lowest BCUT2D eigenvalue weighted by atomic mass is 9.97. The Hall–Kier alpha value is -0.390. The van der Waals surface area contributed by atoms with Gasteiger partial charge in [-0.2, -0.15) is 0 Å². The number of carbonyl (C=O) groups excluding carboxylic acids is 1. The highest BCUT2D eigenvalue weighted by Gasteiger charge is 2.38. The van der Waals surface area contributed by atoms with E-state index in [4.69, 9.17) is 5.73 Å². The standard InChI is InChI=1S/C12H17BrN2OS/c1-15(7-9-6-10(13)17-8-9)11(16)12(14)4-2-3-5-12/h6,8H,2-5,7,14H2,1H3. The van der Waals surface area contributed by atoms with E-state index in [9.17, 15) is 4.79 Å². The number of amides is 1. The average molecular weight is 317 g/mol. The molecule has 1 aliphatic rings. The van der Waals surface area contributed by atoms with Gasteiger partial charge in [0, 0.05) is 13.6 Å². The summed E-state index contributed by atoms with van der Waals surface area (Å²) in [6.45, 7) is 0.639. The van der Waals surface area contributed by atoms with Gasteiger partial charge < -0.3 is 10.6 Å². The number of hydrogen-bond donors (Lipinski definition) is 1. The van der Waals surface area contributed by atoms with E-state index in [0.717, 1.165) is 35.0 Å². The first kappa shape index (κ1) is 13.1. The quantitative estimate of drug-likeness (QED) is 0.932. The van der Waals surface area contributed by atoms with Gasteiger partial charge in [-0.25, -0.2) is 0 Å². The maximum Gasteiger partial charge on any atom is 0.242 e. The van der Waals surface area contributed by atoms with Gasteiger partial charge in [0.15, 0.2) is 0 Å². The molecule has 0 spiro atoms. The number of halogens is 1. The first-order valence-electron chi connectivity index (χ1n) is 5.79. The molecule has 5 heteroatoms. The monoisotopic (exact) mass is 316 g/mol. The van der Waals surface area contributed by atoms with Crippen molar-refractivity contribution in [3.05, 3.63) is 20.8 Å². The Morgan fingerprint density at radius 3 is 2.76 bits per heavy atom. The van der Waals surface area contributed by atoms with Crippen molar-refractivity contribution in [3.63, 3.8) is 0 Å². The number of nitrogens with zero attached hydrogens (tertiary/aromatic N) is 1. The number of thiophene rings is 1. The molecule has 1 aromatic rings. The van der Waals surface area contributed by atoms with Crippen LogP contribution in [0.3, 0.4) is 0 Å². The smallest absolute Gasteiger partial charge is 0.242 e. The third-order valence-corrected chi connectivity index (χ3v) is 4.86. The molecule has 0 aromatic carbocycles. The van der Waals surface area contributed by atoms with Gasteiger partial charge in [0.25, 0.3) is 0 Å². The van der Waals surface area contributed by atoms with Gasteiger partial charge in [0.2, 0.25) is 5.91 Å². The van der Waals surface area contributed by atoms with Crippen LogP contribution >= 0.6 is 27.3 Å². The zero-order chi connectivity index (χ0) is 12.5. The second-order valence-electron chi connectivity index (χ2n) is 4.78. The zero-order valence-electron chi connectivity index (χ0n) is 9.91. The molecule has 94 valence electrons. The lowest BCUT2D eigenvalue weighted by molar-refractivity contribution is -0.136. The van der Waals surface area contributed by atoms with Crippen molar-refractivity contribution < 1.29 is 4.79 Å². The van der Waals surface area contributed by atoms with Crippen molar-refractivity contribution in [2.75, 3.05) is 7.05 Å². The predicted molar refractivity (Wildman–Crippen MR) is 73.9 cm³/mol. The van der Waals surface area contributed by atoms with Crippen LogP contribution in [0.4, 0.5) is 0 Å². The van der Waals surface area contributed by atoms with E-state index in [2.05, 4.69) is 21.3 Å². The van der Waals surface area contributed by atoms with Crippen molar-refractivity contribution >= 4 is 33.2 Å². The number of rotatable bonds is 3. The first-order valence-corrected chi connectivity index (χ1v) is 7.46. The van der Waals surface area contributed by atoms with E-state index in [1.54, 1.807) is 16.2 Å². The summed E-state index contributed by atoms with van der Waals surface area (Å²) in [5, 5.41) is 2.06. The predicted octanol–water partition coefficient (Wildman–Crippen LogP) is 2.74. The molecule has 0 radical (unpaired) electrons. The largest absolute Gasteiger partial charge is 0.340 e. The Labute approximate surface area is 114 Å². The highest BCUT2D eigenvalue weighted by atomic mass is 79.9. The van der Waals surface area contributed by atoms with Gasteiger partial charge in [0.05, 0.1) is 9.33 Å². The van der Waals surface area contributed by atoms with E-state index in [1.807, 2.05) is 13.1 Å². The van der Waals surface area contributed by atoms with Gasteiger partial charge in [0.1, 0.15) is 0 Å². The molecule has 2 N–H and O–H groups in total. The van der Waals surface area contributed by atoms with Gasteiger partial charge in [-0.15, -0.1) is 11.3 Å². The summed E-state index contributed by atoms with van der Waals surface area (Å²) in [6, 6.07) is 2.05. The van der Waals surface area contributed by atoms with E-state index in [1.165, 1.54) is 0 Å². The molecule has 1 aliphatic carbocycles. The van der Waals surface area contributed by atoms with Crippen LogP contribution < -0.4 is 5.73 Å². The molecule has 0 aliphatic heterocycles. The molecule has 3 nitrogen and oxygen atoms in total. The Morgan fingerprint density at radius 2 is 2.24 bits per heavy atom. The molecular weight excluding hydrogens is 300 g/mol. The summed E-state index contributed by atoms with van der Waals surface area (Å²) < 4.78 is 1.09. The third kappa shape index (κ3) is 2.89. The van der Waals surface area contributed by atoms with Crippen LogP contribution in [0.15, 0.2) is 15.2 Å². The lowest BCUT2D eigenvalue weighted by Gasteiger charge is -2.28. The number of carbonyl (C=O) groups is 1. The second-order valence-corrected chi connectivity index (χ2v) is 7.07. The van der Waals surface area contributed by atoms with Gasteiger partial charge in [-0.05, 0) is 45.8 Å². The number of likely N-dealkylation sites (N-methyl/N-ethyl adjacent to an activating group) is 1. The molecule has 1 amide bonds. The molecule has 1 fully saturated rings. The molecule has 17 heavy (non-hydrogen) atoms. The van der Waals surface area contributed by atoms with E-state index in [-0.39, 0.29) is 5.91 Å². The summed E-state index contributed by atoms with van der Waals surface area (Å²) in [5.74, 6) is 0.0809. The van der Waals surface area contributed by atoms with Crippen molar-refractivity contribution in [1.82, 2.24) is 4.90 Å². The van der Waals surface area contributed by atoms with Crippen LogP contribution in [0.5, 0.6) is 0 Å². The Morgan fingerprint density at radius 1 is 1.59 bits per heavy atom. The van der Waals surface area contributed by atoms with Crippen LogP contribution in [0.1, 0.15) is 31.2 Å². The van der Waals surface area contributed by atoms with E-state index >= 15 is 0 Å². The number of hydrogen-bond acceptors (Lipinski definition) is 3. The topological polar surface area (TPSA) is 46.3 Å². The van der Waals surface area contributed by atoms with E-state index < -0.39 is 5.54 Å². The Balaban J connectivity index is 2.00. The minimum Gasteiger partial charge on any atom is -0.340 e. The minimum atomic E-state index is -0.609. The molecular formula is C12H17BrN2OS. The normalized spacial score (nSPS) is 18.3. The molecule has 1 aromatic heterocycles. The zero-order valence-corrected chi connectivity index (χ0v) is 12.3. The van der Waals surface area contributed by atoms with Crippen LogP contribution in [0, 0.1) is 0 Å². The second kappa shape index (κ2) is 5.08. The van der Waals surface area contributed by atoms with Crippen LogP contribution in [-0.4, -0.2) is 23.4 Å². The lowest BCUT2D eigenvalue weighted by Crippen LogP contribution is -2.52. The summed E-state index contributed by atoms with van der Waals surface area (Å²) in [7, 11) is 1.83. The molecule has 1 saturated carbocycles. The third-order valence-electron chi connectivity index (χ3n) is 3.31. The van der Waals surface area contributed by atoms with Crippen molar-refractivity contribution in [3.8, 4) is 0 Å². The Bertz CT molecular complexity index is 412. The van der Waals surface area contributed by atoms with Gasteiger partial charge in [-0.1, -0.05) is 12.8 Å². The summed E-state index contributed by atoms with van der Waals surface area (Å²) >= 11 is 5.06. The first-order chi connectivity index (χ1) is 8.01. The summed E-state index contributed by atoms with van der Waals surface area (Å²) in [6.07, 6.45) is 3.78. The fourth-order valence-corrected chi connectivity index (χ4v) is 3.57. The molecule has 0 saturated heterocycles. The maximum absolute atomic E-state index is 12.3. The van der Waals surface area contributed by atoms with Crippen molar-refractivity contribution in [2.45, 2.75) is 37.8 Å². The highest BCUT2D eigenvalue weighted by Crippen LogP contribution is 2.29. The minimum absolute atomic E-state index is 0.0809. The molecule has 0 unspecified atom stereocenters. The van der Waals surface area contributed by atoms with Crippen molar-refractivity contribution in [1.29, 1.82) is 0 Å². The Kier molecular flexibility index (Phi) is 3.90. The van der Waals surface area contributed by atoms with Crippen molar-refractivity contribution in [2.24, 2.45) is 5.73 Å². The number of nitrogens with two attached hydrogens (primary N) is 1. The molecule has 1 heterocycles. The fourth-order valence-electron chi connectivity index (χ4n) is 2.37. The van der Waals surface area contributed by atoms with Crippen LogP contribution in [0.2, 0.25) is 0 Å². The molecule has 2 rings (SSSR count). The highest BCUT2D eigenvalue weighted by molar-refractivity contribution is 9.11.